The number of halogens is 1. The lowest BCUT2D eigenvalue weighted by Crippen LogP contribution is -2.49. The number of aromatic nitrogens is 2. The molecule has 2 aliphatic heterocycles. The van der Waals surface area contributed by atoms with Crippen LogP contribution in [-0.4, -0.2) is 62.5 Å². The second-order valence-corrected chi connectivity index (χ2v) is 9.22. The Morgan fingerprint density at radius 1 is 1.38 bits per heavy atom. The molecule has 1 unspecified atom stereocenters. The Hall–Kier alpha value is -3.00. The third-order valence-corrected chi connectivity index (χ3v) is 6.25. The maximum absolute atomic E-state index is 13.0. The lowest BCUT2D eigenvalue weighted by atomic mass is 9.87. The predicted octanol–water partition coefficient (Wildman–Crippen LogP) is 2.96. The lowest BCUT2D eigenvalue weighted by molar-refractivity contribution is 0.0535. The van der Waals surface area contributed by atoms with Crippen molar-refractivity contribution in [1.82, 2.24) is 14.9 Å². The zero-order chi connectivity index (χ0) is 24.7. The van der Waals surface area contributed by atoms with Crippen molar-refractivity contribution in [3.05, 3.63) is 35.8 Å². The summed E-state index contributed by atoms with van der Waals surface area (Å²) in [6, 6.07) is 7.47. The molecule has 0 bridgehead atoms. The van der Waals surface area contributed by atoms with Gasteiger partial charge in [0.1, 0.15) is 24.5 Å². The van der Waals surface area contributed by atoms with Crippen LogP contribution in [-0.2, 0) is 0 Å². The number of nitrogen functional groups attached to an aromatic ring is 1. The van der Waals surface area contributed by atoms with E-state index in [-0.39, 0.29) is 29.7 Å². The van der Waals surface area contributed by atoms with Crippen molar-refractivity contribution in [3.63, 3.8) is 0 Å². The molecule has 0 amide bonds. The van der Waals surface area contributed by atoms with Gasteiger partial charge in [0.05, 0.1) is 18.4 Å². The smallest absolute Gasteiger partial charge is 0.229 e. The van der Waals surface area contributed by atoms with Gasteiger partial charge in [0.2, 0.25) is 5.95 Å². The summed E-state index contributed by atoms with van der Waals surface area (Å²) in [5, 5.41) is 29.9. The fraction of sp³-hybridized carbons (Fsp3) is 0.542. The summed E-state index contributed by atoms with van der Waals surface area (Å²) in [6.45, 7) is 5.59. The molecule has 0 radical (unpaired) electrons. The number of piperidine rings is 1. The molecule has 2 saturated heterocycles. The van der Waals surface area contributed by atoms with E-state index in [9.17, 15) is 9.50 Å². The number of nitriles is 1. The number of nitrogens with two attached hydrogens (primary N) is 1. The summed E-state index contributed by atoms with van der Waals surface area (Å²) in [5.74, 6) is -0.678. The van der Waals surface area contributed by atoms with Gasteiger partial charge < -0.3 is 26.0 Å². The Morgan fingerprint density at radius 3 is 2.82 bits per heavy atom. The van der Waals surface area contributed by atoms with Crippen molar-refractivity contribution < 1.29 is 19.3 Å². The van der Waals surface area contributed by atoms with Gasteiger partial charge in [-0.25, -0.2) is 9.37 Å². The van der Waals surface area contributed by atoms with Crippen LogP contribution in [0.25, 0.3) is 0 Å². The number of hydrogen-bond donors (Lipinski definition) is 4. The third kappa shape index (κ3) is 6.53. The number of rotatable bonds is 6. The lowest BCUT2D eigenvalue weighted by Gasteiger charge is -2.44. The quantitative estimate of drug-likeness (QED) is 0.499. The van der Waals surface area contributed by atoms with Gasteiger partial charge in [-0.15, -0.1) is 0 Å². The van der Waals surface area contributed by atoms with Crippen LogP contribution in [0.5, 0.6) is 5.75 Å². The number of anilines is 3. The third-order valence-electron chi connectivity index (χ3n) is 6.25. The molecule has 2 fully saturated rings. The van der Waals surface area contributed by atoms with Crippen molar-refractivity contribution in [2.24, 2.45) is 0 Å². The van der Waals surface area contributed by atoms with Crippen molar-refractivity contribution in [3.8, 4) is 11.8 Å². The fourth-order valence-corrected chi connectivity index (χ4v) is 4.48. The van der Waals surface area contributed by atoms with Gasteiger partial charge in [-0.05, 0) is 64.3 Å². The van der Waals surface area contributed by atoms with Crippen molar-refractivity contribution in [2.45, 2.75) is 63.6 Å². The highest BCUT2D eigenvalue weighted by molar-refractivity contribution is 5.60. The number of ether oxygens (including phenoxy) is 1. The minimum absolute atomic E-state index is 0.0807. The zero-order valence-electron chi connectivity index (χ0n) is 19.7. The van der Waals surface area contributed by atoms with E-state index in [1.165, 1.54) is 50.8 Å². The molecule has 34 heavy (non-hydrogen) atoms. The van der Waals surface area contributed by atoms with E-state index in [1.807, 2.05) is 6.07 Å². The van der Waals surface area contributed by atoms with Crippen molar-refractivity contribution in [1.29, 1.82) is 5.26 Å². The molecule has 5 N–H and O–H groups in total. The first-order chi connectivity index (χ1) is 16.2. The fourth-order valence-electron chi connectivity index (χ4n) is 4.48. The second kappa shape index (κ2) is 11.4. The molecule has 0 saturated carbocycles. The Morgan fingerprint density at radius 2 is 2.15 bits per heavy atom. The monoisotopic (exact) mass is 472 g/mol. The summed E-state index contributed by atoms with van der Waals surface area (Å²) in [5.41, 5.74) is 6.54. The number of fused-ring (bicyclic) bond motifs is 1. The first-order valence-electron chi connectivity index (χ1n) is 11.5. The summed E-state index contributed by atoms with van der Waals surface area (Å²) < 4.78 is 18.3. The van der Waals surface area contributed by atoms with Crippen LogP contribution in [0, 0.1) is 17.1 Å². The minimum Gasteiger partial charge on any atom is -0.489 e. The molecule has 2 atom stereocenters. The van der Waals surface area contributed by atoms with Gasteiger partial charge in [0, 0.05) is 17.3 Å². The molecule has 3 heterocycles. The number of nitrogens with one attached hydrogen (secondary N) is 1. The molecule has 1 aromatic heterocycles. The molecule has 0 spiro atoms. The molecule has 9 nitrogen and oxygen atoms in total. The van der Waals surface area contributed by atoms with Gasteiger partial charge in [0.15, 0.2) is 11.6 Å². The van der Waals surface area contributed by atoms with Crippen molar-refractivity contribution >= 4 is 17.5 Å². The standard InChI is InChI=1S/C14H14FN5O3.C10H19N/c15-11-5-18-14(20-13(11)17)19-9-1-2-12(8(3-9)4-16)23-7-10(22)6-21;1-10(2)7-3-5-9-6-4-8-11(9)10/h1-3,5,10,21-22H,6-7H2,(H3,17,18,19,20);9H,3-8H2,1-2H3/t;9-/m.1/s1. The molecule has 10 heteroatoms. The topological polar surface area (TPSA) is 141 Å². The maximum atomic E-state index is 13.0. The van der Waals surface area contributed by atoms with E-state index < -0.39 is 18.5 Å². The Balaban J connectivity index is 0.000000243. The SMILES string of the molecule is CC1(C)CCC[C@@H]2CCCN21.N#Cc1cc(Nc2ncc(F)c(N)n2)ccc1OCC(O)CO. The first-order valence-corrected chi connectivity index (χ1v) is 11.5. The molecule has 184 valence electrons. The van der Waals surface area contributed by atoms with E-state index in [2.05, 4.69) is 34.0 Å². The van der Waals surface area contributed by atoms with Crippen LogP contribution in [0.2, 0.25) is 0 Å². The second-order valence-electron chi connectivity index (χ2n) is 9.22. The van der Waals surface area contributed by atoms with E-state index in [1.54, 1.807) is 6.07 Å². The molecule has 1 aromatic carbocycles. The highest BCUT2D eigenvalue weighted by atomic mass is 19.1. The van der Waals surface area contributed by atoms with Crippen LogP contribution < -0.4 is 15.8 Å². The Kier molecular flexibility index (Phi) is 8.61. The normalized spacial score (nSPS) is 19.8. The van der Waals surface area contributed by atoms with E-state index in [4.69, 9.17) is 20.8 Å². The average Bonchev–Trinajstić information content (AvgIpc) is 3.31. The minimum atomic E-state index is -1.03. The van der Waals surface area contributed by atoms with E-state index >= 15 is 0 Å². The largest absolute Gasteiger partial charge is 0.489 e. The molecule has 2 aliphatic rings. The van der Waals surface area contributed by atoms with E-state index in [0.29, 0.717) is 11.2 Å². The number of hydrogen-bond acceptors (Lipinski definition) is 9. The van der Waals surface area contributed by atoms with Gasteiger partial charge in [-0.3, -0.25) is 4.90 Å². The number of aliphatic hydroxyl groups excluding tert-OH is 2. The number of benzene rings is 1. The van der Waals surface area contributed by atoms with Crippen LogP contribution in [0.15, 0.2) is 24.4 Å². The molecule has 4 rings (SSSR count). The number of nitrogens with zero attached hydrogens (tertiary/aromatic N) is 4. The highest BCUT2D eigenvalue weighted by Gasteiger charge is 2.38. The molecular weight excluding hydrogens is 439 g/mol. The van der Waals surface area contributed by atoms with Crippen LogP contribution >= 0.6 is 0 Å². The van der Waals surface area contributed by atoms with E-state index in [0.717, 1.165) is 12.2 Å². The Bertz CT molecular complexity index is 1010. The zero-order valence-corrected chi connectivity index (χ0v) is 19.7. The molecular formula is C24H33FN6O3. The first kappa shape index (κ1) is 25.6. The summed E-state index contributed by atoms with van der Waals surface area (Å²) >= 11 is 0. The highest BCUT2D eigenvalue weighted by Crippen LogP contribution is 2.37. The van der Waals surface area contributed by atoms with Crippen LogP contribution in [0.3, 0.4) is 0 Å². The van der Waals surface area contributed by atoms with Gasteiger partial charge in [-0.1, -0.05) is 6.42 Å². The molecule has 0 aliphatic carbocycles. The molecule has 2 aromatic rings. The summed E-state index contributed by atoms with van der Waals surface area (Å²) in [4.78, 5) is 10.2. The van der Waals surface area contributed by atoms with Gasteiger partial charge >= 0.3 is 0 Å². The van der Waals surface area contributed by atoms with Gasteiger partial charge in [0.25, 0.3) is 0 Å². The van der Waals surface area contributed by atoms with Crippen molar-refractivity contribution in [2.75, 3.05) is 30.8 Å². The van der Waals surface area contributed by atoms with Crippen LogP contribution in [0.4, 0.5) is 21.8 Å². The summed E-state index contributed by atoms with van der Waals surface area (Å²) in [6.07, 6.45) is 7.12. The van der Waals surface area contributed by atoms with Gasteiger partial charge in [-0.2, -0.15) is 10.2 Å². The Labute approximate surface area is 199 Å². The maximum Gasteiger partial charge on any atom is 0.229 e. The van der Waals surface area contributed by atoms with Crippen LogP contribution in [0.1, 0.15) is 51.5 Å². The average molecular weight is 473 g/mol. The number of aliphatic hydroxyl groups is 2. The summed E-state index contributed by atoms with van der Waals surface area (Å²) in [7, 11) is 0. The predicted molar refractivity (Wildman–Crippen MR) is 127 cm³/mol.